The minimum absolute atomic E-state index is 0.144. The van der Waals surface area contributed by atoms with E-state index in [9.17, 15) is 0 Å². The Morgan fingerprint density at radius 3 is 2.52 bits per heavy atom. The Hall–Kier alpha value is -0.930. The molecule has 0 spiro atoms. The van der Waals surface area contributed by atoms with Crippen molar-refractivity contribution in [1.82, 2.24) is 5.32 Å². The molecule has 2 rings (SSSR count). The summed E-state index contributed by atoms with van der Waals surface area (Å²) in [6, 6.07) is 11.0. The smallest absolute Gasteiger partial charge is 0.124 e. The van der Waals surface area contributed by atoms with Gasteiger partial charge in [0.25, 0.3) is 0 Å². The van der Waals surface area contributed by atoms with Gasteiger partial charge in [-0.2, -0.15) is 0 Å². The summed E-state index contributed by atoms with van der Waals surface area (Å²) in [5.74, 6) is 0.751. The summed E-state index contributed by atoms with van der Waals surface area (Å²) in [6.45, 7) is 2.80. The second-order valence-corrected chi connectivity index (χ2v) is 5.74. The van der Waals surface area contributed by atoms with Crippen LogP contribution in [0.1, 0.15) is 24.1 Å². The molecule has 112 valence electrons. The molecule has 1 atom stereocenters. The van der Waals surface area contributed by atoms with E-state index in [1.807, 2.05) is 31.2 Å². The van der Waals surface area contributed by atoms with Gasteiger partial charge in [0.15, 0.2) is 0 Å². The van der Waals surface area contributed by atoms with Crippen LogP contribution in [0.2, 0.25) is 15.1 Å². The number of halogens is 3. The monoisotopic (exact) mass is 343 g/mol. The molecule has 0 radical (unpaired) electrons. The van der Waals surface area contributed by atoms with Crippen LogP contribution in [-0.2, 0) is 0 Å². The van der Waals surface area contributed by atoms with E-state index in [1.54, 1.807) is 19.2 Å². The topological polar surface area (TPSA) is 21.3 Å². The lowest BCUT2D eigenvalue weighted by Gasteiger charge is -2.23. The zero-order valence-electron chi connectivity index (χ0n) is 11.8. The number of hydrogen-bond acceptors (Lipinski definition) is 2. The Morgan fingerprint density at radius 2 is 1.86 bits per heavy atom. The van der Waals surface area contributed by atoms with Gasteiger partial charge >= 0.3 is 0 Å². The molecule has 0 bridgehead atoms. The first kappa shape index (κ1) is 16.4. The quantitative estimate of drug-likeness (QED) is 0.789. The summed E-state index contributed by atoms with van der Waals surface area (Å²) in [4.78, 5) is 0. The lowest BCUT2D eigenvalue weighted by atomic mass is 9.97. The fraction of sp³-hybridized carbons (Fsp3) is 0.250. The zero-order chi connectivity index (χ0) is 15.4. The van der Waals surface area contributed by atoms with Crippen molar-refractivity contribution in [3.63, 3.8) is 0 Å². The van der Waals surface area contributed by atoms with Crippen molar-refractivity contribution in [1.29, 1.82) is 0 Å². The summed E-state index contributed by atoms with van der Waals surface area (Å²) in [5, 5.41) is 5.11. The number of ether oxygens (including phenoxy) is 1. The van der Waals surface area contributed by atoms with Crippen LogP contribution in [0, 0.1) is 0 Å². The molecular weight excluding hydrogens is 329 g/mol. The van der Waals surface area contributed by atoms with Crippen molar-refractivity contribution in [3.05, 3.63) is 62.6 Å². The third-order valence-corrected chi connectivity index (χ3v) is 4.27. The second kappa shape index (κ2) is 7.37. The average molecular weight is 345 g/mol. The third kappa shape index (κ3) is 3.64. The fourth-order valence-electron chi connectivity index (χ4n) is 2.27. The summed E-state index contributed by atoms with van der Waals surface area (Å²) >= 11 is 18.6. The molecule has 2 nitrogen and oxygen atoms in total. The molecule has 0 saturated carbocycles. The molecule has 2 aromatic rings. The number of methoxy groups -OCH3 is 1. The van der Waals surface area contributed by atoms with Gasteiger partial charge in [0.1, 0.15) is 5.75 Å². The predicted octanol–water partition coefficient (Wildman–Crippen LogP) is 5.35. The van der Waals surface area contributed by atoms with Gasteiger partial charge in [-0.15, -0.1) is 0 Å². The van der Waals surface area contributed by atoms with E-state index >= 15 is 0 Å². The SMILES string of the molecule is CCNC(c1cc(Cl)ccc1OC)c1cccc(Cl)c1Cl. The molecule has 1 unspecified atom stereocenters. The normalized spacial score (nSPS) is 12.2. The van der Waals surface area contributed by atoms with E-state index in [0.29, 0.717) is 15.1 Å². The Morgan fingerprint density at radius 1 is 1.10 bits per heavy atom. The largest absolute Gasteiger partial charge is 0.496 e. The Bertz CT molecular complexity index is 631. The first-order valence-electron chi connectivity index (χ1n) is 6.59. The molecule has 0 aliphatic rings. The van der Waals surface area contributed by atoms with Gasteiger partial charge in [0, 0.05) is 10.6 Å². The average Bonchev–Trinajstić information content (AvgIpc) is 2.48. The van der Waals surface area contributed by atoms with Gasteiger partial charge < -0.3 is 10.1 Å². The van der Waals surface area contributed by atoms with E-state index in [0.717, 1.165) is 23.4 Å². The van der Waals surface area contributed by atoms with Crippen molar-refractivity contribution in [3.8, 4) is 5.75 Å². The lowest BCUT2D eigenvalue weighted by Crippen LogP contribution is -2.23. The Kier molecular flexibility index (Phi) is 5.77. The molecule has 5 heteroatoms. The van der Waals surface area contributed by atoms with E-state index in [2.05, 4.69) is 5.32 Å². The number of benzene rings is 2. The molecule has 0 aromatic heterocycles. The summed E-state index contributed by atoms with van der Waals surface area (Å²) in [5.41, 5.74) is 1.82. The van der Waals surface area contributed by atoms with Gasteiger partial charge in [0.2, 0.25) is 0 Å². The molecular formula is C16H16Cl3NO. The highest BCUT2D eigenvalue weighted by atomic mass is 35.5. The van der Waals surface area contributed by atoms with Gasteiger partial charge in [0.05, 0.1) is 23.2 Å². The summed E-state index contributed by atoms with van der Waals surface area (Å²) in [7, 11) is 1.63. The zero-order valence-corrected chi connectivity index (χ0v) is 14.1. The number of hydrogen-bond donors (Lipinski definition) is 1. The standard InChI is InChI=1S/C16H16Cl3NO/c1-3-20-16(11-5-4-6-13(18)15(11)19)12-9-10(17)7-8-14(12)21-2/h4-9,16,20H,3H2,1-2H3. The molecule has 0 heterocycles. The number of nitrogens with one attached hydrogen (secondary N) is 1. The molecule has 2 aromatic carbocycles. The van der Waals surface area contributed by atoms with Crippen LogP contribution >= 0.6 is 34.8 Å². The van der Waals surface area contributed by atoms with Crippen LogP contribution in [0.15, 0.2) is 36.4 Å². The first-order valence-corrected chi connectivity index (χ1v) is 7.72. The van der Waals surface area contributed by atoms with Crippen LogP contribution in [0.4, 0.5) is 0 Å². The van der Waals surface area contributed by atoms with Gasteiger partial charge in [-0.1, -0.05) is 53.9 Å². The van der Waals surface area contributed by atoms with Crippen LogP contribution in [-0.4, -0.2) is 13.7 Å². The fourth-order valence-corrected chi connectivity index (χ4v) is 2.86. The van der Waals surface area contributed by atoms with Crippen molar-refractivity contribution >= 4 is 34.8 Å². The van der Waals surface area contributed by atoms with Crippen molar-refractivity contribution in [2.45, 2.75) is 13.0 Å². The van der Waals surface area contributed by atoms with Crippen molar-refractivity contribution < 1.29 is 4.74 Å². The van der Waals surface area contributed by atoms with Crippen LogP contribution in [0.5, 0.6) is 5.75 Å². The third-order valence-electron chi connectivity index (χ3n) is 3.20. The highest BCUT2D eigenvalue weighted by Crippen LogP contribution is 2.37. The van der Waals surface area contributed by atoms with E-state index in [-0.39, 0.29) is 6.04 Å². The predicted molar refractivity (Wildman–Crippen MR) is 90.0 cm³/mol. The second-order valence-electron chi connectivity index (χ2n) is 4.52. The highest BCUT2D eigenvalue weighted by Gasteiger charge is 2.21. The van der Waals surface area contributed by atoms with E-state index < -0.39 is 0 Å². The summed E-state index contributed by atoms with van der Waals surface area (Å²) < 4.78 is 5.44. The minimum Gasteiger partial charge on any atom is -0.496 e. The molecule has 21 heavy (non-hydrogen) atoms. The number of rotatable bonds is 5. The Labute approximate surface area is 140 Å². The first-order chi connectivity index (χ1) is 10.1. The van der Waals surface area contributed by atoms with Crippen LogP contribution < -0.4 is 10.1 Å². The highest BCUT2D eigenvalue weighted by molar-refractivity contribution is 6.42. The van der Waals surface area contributed by atoms with Gasteiger partial charge in [-0.25, -0.2) is 0 Å². The van der Waals surface area contributed by atoms with Crippen LogP contribution in [0.3, 0.4) is 0 Å². The molecule has 1 N–H and O–H groups in total. The summed E-state index contributed by atoms with van der Waals surface area (Å²) in [6.07, 6.45) is 0. The maximum Gasteiger partial charge on any atom is 0.124 e. The van der Waals surface area contributed by atoms with Gasteiger partial charge in [-0.05, 0) is 36.4 Å². The molecule has 0 amide bonds. The van der Waals surface area contributed by atoms with Gasteiger partial charge in [-0.3, -0.25) is 0 Å². The molecule has 0 aliphatic carbocycles. The van der Waals surface area contributed by atoms with E-state index in [1.165, 1.54) is 0 Å². The van der Waals surface area contributed by atoms with E-state index in [4.69, 9.17) is 39.5 Å². The minimum atomic E-state index is -0.144. The van der Waals surface area contributed by atoms with Crippen molar-refractivity contribution in [2.24, 2.45) is 0 Å². The molecule has 0 saturated heterocycles. The molecule has 0 aliphatic heterocycles. The van der Waals surface area contributed by atoms with Crippen LogP contribution in [0.25, 0.3) is 0 Å². The van der Waals surface area contributed by atoms with Crippen molar-refractivity contribution in [2.75, 3.05) is 13.7 Å². The maximum atomic E-state index is 6.36. The maximum absolute atomic E-state index is 6.36. The lowest BCUT2D eigenvalue weighted by molar-refractivity contribution is 0.404. The molecule has 0 fully saturated rings. The Balaban J connectivity index is 2.58.